The Kier molecular flexibility index (Phi) is 5.00. The summed E-state index contributed by atoms with van der Waals surface area (Å²) in [6, 6.07) is 0.226. The monoisotopic (exact) mass is 281 g/mol. The first-order valence-electron chi connectivity index (χ1n) is 7.30. The first-order chi connectivity index (χ1) is 9.61. The van der Waals surface area contributed by atoms with Crippen LogP contribution in [0.4, 0.5) is 4.79 Å². The molecule has 0 spiro atoms. The summed E-state index contributed by atoms with van der Waals surface area (Å²) in [5, 5.41) is 5.38. The Morgan fingerprint density at radius 2 is 2.25 bits per heavy atom. The number of carbonyl (C=O) groups excluding carboxylic acids is 2. The van der Waals surface area contributed by atoms with Gasteiger partial charge in [-0.2, -0.15) is 0 Å². The van der Waals surface area contributed by atoms with Crippen LogP contribution in [0.25, 0.3) is 0 Å². The molecule has 2 heterocycles. The number of esters is 1. The minimum Gasteiger partial charge on any atom is -0.463 e. The number of hydrogen-bond acceptors (Lipinski definition) is 4. The van der Waals surface area contributed by atoms with Gasteiger partial charge in [-0.1, -0.05) is 6.42 Å². The summed E-state index contributed by atoms with van der Waals surface area (Å²) in [6.07, 6.45) is 3.57. The van der Waals surface area contributed by atoms with Gasteiger partial charge in [0, 0.05) is 18.3 Å². The maximum absolute atomic E-state index is 11.9. The van der Waals surface area contributed by atoms with Crippen molar-refractivity contribution in [1.29, 1.82) is 0 Å². The van der Waals surface area contributed by atoms with Crippen LogP contribution < -0.4 is 10.6 Å². The van der Waals surface area contributed by atoms with Crippen LogP contribution in [0.5, 0.6) is 0 Å². The molecule has 2 aliphatic rings. The largest absolute Gasteiger partial charge is 0.463 e. The summed E-state index contributed by atoms with van der Waals surface area (Å²) >= 11 is 0. The quantitative estimate of drug-likeness (QED) is 0.754. The molecule has 0 aromatic carbocycles. The number of carbonyl (C=O) groups is 2. The van der Waals surface area contributed by atoms with E-state index in [1.807, 2.05) is 0 Å². The molecule has 6 heteroatoms. The predicted molar refractivity (Wildman–Crippen MR) is 75.1 cm³/mol. The van der Waals surface area contributed by atoms with E-state index < -0.39 is 0 Å². The molecular formula is C14H23N3O3. The van der Waals surface area contributed by atoms with Crippen LogP contribution in [0.3, 0.4) is 0 Å². The molecule has 2 amide bonds. The lowest BCUT2D eigenvalue weighted by molar-refractivity contribution is -0.138. The number of urea groups is 1. The average Bonchev–Trinajstić information content (AvgIpc) is 2.42. The van der Waals surface area contributed by atoms with Gasteiger partial charge in [0.05, 0.1) is 18.7 Å². The van der Waals surface area contributed by atoms with E-state index in [0.29, 0.717) is 30.5 Å². The summed E-state index contributed by atoms with van der Waals surface area (Å²) in [4.78, 5) is 25.8. The van der Waals surface area contributed by atoms with Gasteiger partial charge in [0.1, 0.15) is 0 Å². The number of amides is 2. The molecule has 112 valence electrons. The van der Waals surface area contributed by atoms with Gasteiger partial charge in [-0.3, -0.25) is 4.90 Å². The summed E-state index contributed by atoms with van der Waals surface area (Å²) in [6.45, 7) is 6.14. The molecule has 1 saturated heterocycles. The molecule has 0 radical (unpaired) electrons. The van der Waals surface area contributed by atoms with Gasteiger partial charge in [-0.15, -0.1) is 0 Å². The van der Waals surface area contributed by atoms with Gasteiger partial charge in [0.25, 0.3) is 0 Å². The third-order valence-electron chi connectivity index (χ3n) is 3.88. The van der Waals surface area contributed by atoms with E-state index in [-0.39, 0.29) is 18.5 Å². The van der Waals surface area contributed by atoms with Crippen LogP contribution >= 0.6 is 0 Å². The topological polar surface area (TPSA) is 70.7 Å². The van der Waals surface area contributed by atoms with Crippen molar-refractivity contribution in [2.45, 2.75) is 39.2 Å². The van der Waals surface area contributed by atoms with Crippen molar-refractivity contribution in [3.63, 3.8) is 0 Å². The van der Waals surface area contributed by atoms with Crippen molar-refractivity contribution in [1.82, 2.24) is 15.5 Å². The summed E-state index contributed by atoms with van der Waals surface area (Å²) in [5.74, 6) is -0.348. The molecule has 2 aliphatic heterocycles. The molecule has 0 aromatic rings. The molecular weight excluding hydrogens is 258 g/mol. The predicted octanol–water partition coefficient (Wildman–Crippen LogP) is 0.991. The Balaban J connectivity index is 2.13. The third-order valence-corrected chi connectivity index (χ3v) is 3.88. The van der Waals surface area contributed by atoms with Gasteiger partial charge < -0.3 is 15.4 Å². The number of piperidine rings is 1. The molecule has 2 rings (SSSR count). The number of likely N-dealkylation sites (tertiary alicyclic amines) is 1. The maximum Gasteiger partial charge on any atom is 0.337 e. The number of nitrogens with zero attached hydrogens (tertiary/aromatic N) is 1. The molecule has 0 saturated carbocycles. The lowest BCUT2D eigenvalue weighted by atomic mass is 10.0. The smallest absolute Gasteiger partial charge is 0.337 e. The number of ether oxygens (including phenoxy) is 1. The Morgan fingerprint density at radius 3 is 2.95 bits per heavy atom. The van der Waals surface area contributed by atoms with Crippen molar-refractivity contribution in [2.24, 2.45) is 0 Å². The fourth-order valence-electron chi connectivity index (χ4n) is 2.68. The normalized spacial score (nSPS) is 24.1. The summed E-state index contributed by atoms with van der Waals surface area (Å²) in [5.41, 5.74) is 1.21. The fourth-order valence-corrected chi connectivity index (χ4v) is 2.68. The Bertz CT molecular complexity index is 420. The number of nitrogens with one attached hydrogen (secondary N) is 2. The van der Waals surface area contributed by atoms with E-state index in [4.69, 9.17) is 4.74 Å². The van der Waals surface area contributed by atoms with Crippen LogP contribution in [0, 0.1) is 0 Å². The van der Waals surface area contributed by atoms with Gasteiger partial charge in [0.15, 0.2) is 0 Å². The van der Waals surface area contributed by atoms with E-state index in [1.54, 1.807) is 6.92 Å². The second kappa shape index (κ2) is 6.74. The zero-order chi connectivity index (χ0) is 14.5. The Hall–Kier alpha value is -1.56. The minimum absolute atomic E-state index is 0.238. The highest BCUT2D eigenvalue weighted by molar-refractivity contribution is 5.93. The van der Waals surface area contributed by atoms with E-state index in [0.717, 1.165) is 13.0 Å². The lowest BCUT2D eigenvalue weighted by Gasteiger charge is -2.35. The molecule has 6 nitrogen and oxygen atoms in total. The lowest BCUT2D eigenvalue weighted by Crippen LogP contribution is -2.48. The minimum atomic E-state index is -0.348. The first-order valence-corrected chi connectivity index (χ1v) is 7.30. The number of rotatable bonds is 4. The SMILES string of the molecule is CCOC(=O)C1=C(CN2CCCC[C@@H]2C)NC(=O)NC1. The summed E-state index contributed by atoms with van der Waals surface area (Å²) < 4.78 is 5.06. The fraction of sp³-hybridized carbons (Fsp3) is 0.714. The third kappa shape index (κ3) is 3.50. The van der Waals surface area contributed by atoms with Gasteiger partial charge in [0.2, 0.25) is 0 Å². The molecule has 1 atom stereocenters. The highest BCUT2D eigenvalue weighted by atomic mass is 16.5. The van der Waals surface area contributed by atoms with Crippen LogP contribution in [0.1, 0.15) is 33.1 Å². The molecule has 20 heavy (non-hydrogen) atoms. The summed E-state index contributed by atoms with van der Waals surface area (Å²) in [7, 11) is 0. The maximum atomic E-state index is 11.9. The Labute approximate surface area is 119 Å². The van der Waals surface area contributed by atoms with Crippen LogP contribution in [-0.2, 0) is 9.53 Å². The van der Waals surface area contributed by atoms with Gasteiger partial charge >= 0.3 is 12.0 Å². The van der Waals surface area contributed by atoms with Crippen molar-refractivity contribution in [2.75, 3.05) is 26.2 Å². The van der Waals surface area contributed by atoms with E-state index in [9.17, 15) is 9.59 Å². The average molecular weight is 281 g/mol. The Morgan fingerprint density at radius 1 is 1.45 bits per heavy atom. The molecule has 0 aliphatic carbocycles. The van der Waals surface area contributed by atoms with Crippen LogP contribution in [0.15, 0.2) is 11.3 Å². The molecule has 1 fully saturated rings. The molecule has 2 N–H and O–H groups in total. The van der Waals surface area contributed by atoms with E-state index in [1.165, 1.54) is 12.8 Å². The number of hydrogen-bond donors (Lipinski definition) is 2. The second-order valence-electron chi connectivity index (χ2n) is 5.30. The van der Waals surface area contributed by atoms with Gasteiger partial charge in [-0.05, 0) is 33.2 Å². The molecule has 0 unspecified atom stereocenters. The highest BCUT2D eigenvalue weighted by Crippen LogP contribution is 2.19. The first kappa shape index (κ1) is 14.8. The molecule has 0 bridgehead atoms. The second-order valence-corrected chi connectivity index (χ2v) is 5.30. The molecule has 0 aromatic heterocycles. The van der Waals surface area contributed by atoms with Crippen LogP contribution in [0.2, 0.25) is 0 Å². The van der Waals surface area contributed by atoms with Crippen molar-refractivity contribution in [3.05, 3.63) is 11.3 Å². The van der Waals surface area contributed by atoms with E-state index in [2.05, 4.69) is 22.5 Å². The van der Waals surface area contributed by atoms with Crippen molar-refractivity contribution < 1.29 is 14.3 Å². The van der Waals surface area contributed by atoms with Crippen molar-refractivity contribution >= 4 is 12.0 Å². The van der Waals surface area contributed by atoms with Gasteiger partial charge in [-0.25, -0.2) is 9.59 Å². The van der Waals surface area contributed by atoms with Crippen molar-refractivity contribution in [3.8, 4) is 0 Å². The van der Waals surface area contributed by atoms with Crippen LogP contribution in [-0.4, -0.2) is 49.2 Å². The zero-order valence-corrected chi connectivity index (χ0v) is 12.2. The highest BCUT2D eigenvalue weighted by Gasteiger charge is 2.27. The van der Waals surface area contributed by atoms with E-state index >= 15 is 0 Å². The standard InChI is InChI=1S/C14H23N3O3/c1-3-20-13(18)11-8-15-14(19)16-12(11)9-17-7-5-4-6-10(17)2/h10H,3-9H2,1-2H3,(H2,15,16,19)/t10-/m0/s1. The zero-order valence-electron chi connectivity index (χ0n) is 12.2.